The molecule has 2 aromatic rings. The van der Waals surface area contributed by atoms with Crippen LogP contribution in [0.3, 0.4) is 0 Å². The van der Waals surface area contributed by atoms with Crippen LogP contribution in [0.25, 0.3) is 10.8 Å². The summed E-state index contributed by atoms with van der Waals surface area (Å²) in [5.41, 5.74) is 3.77. The second-order valence-electron chi connectivity index (χ2n) is 5.37. The van der Waals surface area contributed by atoms with Crippen LogP contribution >= 0.6 is 0 Å². The lowest BCUT2D eigenvalue weighted by molar-refractivity contribution is -0.121. The van der Waals surface area contributed by atoms with E-state index in [0.29, 0.717) is 17.7 Å². The molecule has 116 valence electrons. The highest BCUT2D eigenvalue weighted by Gasteiger charge is 2.09. The summed E-state index contributed by atoms with van der Waals surface area (Å²) in [6.07, 6.45) is 3.48. The smallest absolute Gasteiger partial charge is 0.240 e. The van der Waals surface area contributed by atoms with Gasteiger partial charge in [0.2, 0.25) is 5.91 Å². The number of hydrogen-bond acceptors (Lipinski definition) is 3. The number of amides is 1. The van der Waals surface area contributed by atoms with E-state index in [-0.39, 0.29) is 11.7 Å². The maximum Gasteiger partial charge on any atom is 0.240 e. The van der Waals surface area contributed by atoms with Crippen LogP contribution in [-0.2, 0) is 4.79 Å². The minimum Gasteiger partial charge on any atom is -0.507 e. The fraction of sp³-hybridized carbons (Fsp3) is 0.333. The van der Waals surface area contributed by atoms with Crippen LogP contribution in [0.2, 0.25) is 0 Å². The Morgan fingerprint density at radius 3 is 2.73 bits per heavy atom. The number of unbranched alkanes of at least 4 members (excludes halogenated alkanes) is 2. The van der Waals surface area contributed by atoms with Crippen molar-refractivity contribution in [1.29, 1.82) is 0 Å². The lowest BCUT2D eigenvalue weighted by Crippen LogP contribution is -2.18. The molecule has 0 aliphatic carbocycles. The van der Waals surface area contributed by atoms with Gasteiger partial charge in [0.1, 0.15) is 5.75 Å². The number of hydrazone groups is 1. The zero-order valence-electron chi connectivity index (χ0n) is 13.1. The number of hydrogen-bond donors (Lipinski definition) is 2. The van der Waals surface area contributed by atoms with Crippen LogP contribution in [0.4, 0.5) is 0 Å². The normalized spacial score (nSPS) is 11.6. The fourth-order valence-corrected chi connectivity index (χ4v) is 2.34. The third-order valence-electron chi connectivity index (χ3n) is 3.65. The van der Waals surface area contributed by atoms with Crippen molar-refractivity contribution in [2.24, 2.45) is 5.10 Å². The first kappa shape index (κ1) is 16.0. The van der Waals surface area contributed by atoms with Crippen molar-refractivity contribution in [3.63, 3.8) is 0 Å². The molecule has 0 saturated heterocycles. The minimum absolute atomic E-state index is 0.0897. The van der Waals surface area contributed by atoms with Crippen molar-refractivity contribution < 1.29 is 9.90 Å². The lowest BCUT2D eigenvalue weighted by atomic mass is 10.0. The molecule has 4 nitrogen and oxygen atoms in total. The topological polar surface area (TPSA) is 61.7 Å². The van der Waals surface area contributed by atoms with Gasteiger partial charge in [-0.25, -0.2) is 5.43 Å². The average Bonchev–Trinajstić information content (AvgIpc) is 2.53. The SMILES string of the molecule is CCCCCC(=O)N/N=C(\C)c1ccc2ccccc2c1O. The number of carbonyl (C=O) groups is 1. The van der Waals surface area contributed by atoms with Gasteiger partial charge in [-0.2, -0.15) is 5.10 Å². The molecule has 0 aromatic heterocycles. The highest BCUT2D eigenvalue weighted by molar-refractivity contribution is 6.06. The van der Waals surface area contributed by atoms with E-state index in [9.17, 15) is 9.90 Å². The van der Waals surface area contributed by atoms with E-state index in [0.717, 1.165) is 30.0 Å². The van der Waals surface area contributed by atoms with Gasteiger partial charge in [0.05, 0.1) is 5.71 Å². The van der Waals surface area contributed by atoms with Crippen LogP contribution in [0.5, 0.6) is 5.75 Å². The number of fused-ring (bicyclic) bond motifs is 1. The molecule has 0 aliphatic rings. The second-order valence-corrected chi connectivity index (χ2v) is 5.37. The van der Waals surface area contributed by atoms with Crippen LogP contribution in [0, 0.1) is 0 Å². The number of carbonyl (C=O) groups excluding carboxylic acids is 1. The molecule has 0 unspecified atom stereocenters. The number of nitrogens with one attached hydrogen (secondary N) is 1. The number of nitrogens with zero attached hydrogens (tertiary/aromatic N) is 1. The summed E-state index contributed by atoms with van der Waals surface area (Å²) in [7, 11) is 0. The Morgan fingerprint density at radius 1 is 1.18 bits per heavy atom. The fourth-order valence-electron chi connectivity index (χ4n) is 2.34. The summed E-state index contributed by atoms with van der Waals surface area (Å²) in [6.45, 7) is 3.87. The number of phenols is 1. The highest BCUT2D eigenvalue weighted by Crippen LogP contribution is 2.28. The molecule has 4 heteroatoms. The van der Waals surface area contributed by atoms with E-state index in [1.54, 1.807) is 6.92 Å². The van der Waals surface area contributed by atoms with E-state index in [4.69, 9.17) is 0 Å². The Hall–Kier alpha value is -2.36. The van der Waals surface area contributed by atoms with Crippen molar-refractivity contribution >= 4 is 22.4 Å². The molecule has 0 fully saturated rings. The molecule has 0 atom stereocenters. The van der Waals surface area contributed by atoms with Gasteiger partial charge in [-0.05, 0) is 24.8 Å². The quantitative estimate of drug-likeness (QED) is 0.481. The predicted molar refractivity (Wildman–Crippen MR) is 90.1 cm³/mol. The first-order chi connectivity index (χ1) is 10.6. The molecule has 22 heavy (non-hydrogen) atoms. The van der Waals surface area contributed by atoms with Gasteiger partial charge in [-0.3, -0.25) is 4.79 Å². The molecule has 0 aliphatic heterocycles. The molecule has 0 bridgehead atoms. The van der Waals surface area contributed by atoms with Crippen molar-refractivity contribution in [3.05, 3.63) is 42.0 Å². The van der Waals surface area contributed by atoms with Crippen molar-refractivity contribution in [1.82, 2.24) is 5.43 Å². The van der Waals surface area contributed by atoms with E-state index in [2.05, 4.69) is 17.5 Å². The molecule has 0 saturated carbocycles. The monoisotopic (exact) mass is 298 g/mol. The molecule has 0 spiro atoms. The van der Waals surface area contributed by atoms with Gasteiger partial charge in [0, 0.05) is 17.4 Å². The van der Waals surface area contributed by atoms with Gasteiger partial charge in [0.15, 0.2) is 0 Å². The van der Waals surface area contributed by atoms with Gasteiger partial charge < -0.3 is 5.11 Å². The van der Waals surface area contributed by atoms with Crippen molar-refractivity contribution in [2.45, 2.75) is 39.5 Å². The summed E-state index contributed by atoms with van der Waals surface area (Å²) in [5, 5.41) is 16.2. The van der Waals surface area contributed by atoms with Gasteiger partial charge in [0.25, 0.3) is 0 Å². The Bertz CT molecular complexity index is 693. The standard InChI is InChI=1S/C18H22N2O2/c1-3-4-5-10-17(21)20-19-13(2)15-12-11-14-8-6-7-9-16(14)18(15)22/h6-9,11-12,22H,3-5,10H2,1-2H3,(H,20,21)/b19-13+. The number of aromatic hydroxyl groups is 1. The molecule has 0 radical (unpaired) electrons. The molecule has 2 rings (SSSR count). The summed E-state index contributed by atoms with van der Waals surface area (Å²) in [4.78, 5) is 11.7. The lowest BCUT2D eigenvalue weighted by Gasteiger charge is -2.08. The van der Waals surface area contributed by atoms with Gasteiger partial charge in [-0.1, -0.05) is 50.1 Å². The largest absolute Gasteiger partial charge is 0.507 e. The third kappa shape index (κ3) is 3.85. The summed E-state index contributed by atoms with van der Waals surface area (Å²) >= 11 is 0. The maximum absolute atomic E-state index is 11.7. The van der Waals surface area contributed by atoms with Crippen molar-refractivity contribution in [3.8, 4) is 5.75 Å². The number of benzene rings is 2. The van der Waals surface area contributed by atoms with Gasteiger partial charge in [-0.15, -0.1) is 0 Å². The minimum atomic E-state index is -0.0897. The van der Waals surface area contributed by atoms with Crippen LogP contribution < -0.4 is 5.43 Å². The maximum atomic E-state index is 11.7. The first-order valence-corrected chi connectivity index (χ1v) is 7.67. The number of phenolic OH excluding ortho intramolecular Hbond substituents is 1. The van der Waals surface area contributed by atoms with E-state index >= 15 is 0 Å². The van der Waals surface area contributed by atoms with Crippen LogP contribution in [0.1, 0.15) is 45.1 Å². The molecular weight excluding hydrogens is 276 g/mol. The predicted octanol–water partition coefficient (Wildman–Crippen LogP) is 3.97. The zero-order valence-corrected chi connectivity index (χ0v) is 13.1. The van der Waals surface area contributed by atoms with E-state index < -0.39 is 0 Å². The van der Waals surface area contributed by atoms with E-state index in [1.165, 1.54) is 0 Å². The summed E-state index contributed by atoms with van der Waals surface area (Å²) in [5.74, 6) is 0.104. The number of rotatable bonds is 6. The van der Waals surface area contributed by atoms with E-state index in [1.807, 2.05) is 36.4 Å². The van der Waals surface area contributed by atoms with Crippen molar-refractivity contribution in [2.75, 3.05) is 0 Å². The second kappa shape index (κ2) is 7.59. The molecular formula is C18H22N2O2. The molecule has 2 N–H and O–H groups in total. The summed E-state index contributed by atoms with van der Waals surface area (Å²) in [6, 6.07) is 11.4. The van der Waals surface area contributed by atoms with Gasteiger partial charge >= 0.3 is 0 Å². The highest BCUT2D eigenvalue weighted by atomic mass is 16.3. The molecule has 1 amide bonds. The van der Waals surface area contributed by atoms with Crippen LogP contribution in [-0.4, -0.2) is 16.7 Å². The Labute approximate surface area is 130 Å². The third-order valence-corrected chi connectivity index (χ3v) is 3.65. The van der Waals surface area contributed by atoms with Crippen LogP contribution in [0.15, 0.2) is 41.5 Å². The Morgan fingerprint density at radius 2 is 1.95 bits per heavy atom. The Balaban J connectivity index is 2.12. The Kier molecular flexibility index (Phi) is 5.53. The molecule has 0 heterocycles. The first-order valence-electron chi connectivity index (χ1n) is 7.67. The average molecular weight is 298 g/mol. The zero-order chi connectivity index (χ0) is 15.9. The molecule has 2 aromatic carbocycles. The summed E-state index contributed by atoms with van der Waals surface area (Å²) < 4.78 is 0.